The van der Waals surface area contributed by atoms with E-state index in [2.05, 4.69) is 120 Å². The van der Waals surface area contributed by atoms with Gasteiger partial charge in [-0.3, -0.25) is 0 Å². The van der Waals surface area contributed by atoms with E-state index in [0.29, 0.717) is 0 Å². The zero-order valence-electron chi connectivity index (χ0n) is 28.9. The number of allylic oxidation sites excluding steroid dienone is 4. The van der Waals surface area contributed by atoms with Crippen molar-refractivity contribution in [3.05, 3.63) is 139 Å². The summed E-state index contributed by atoms with van der Waals surface area (Å²) in [5.74, 6) is 0.246. The molecule has 0 N–H and O–H groups in total. The monoisotopic (exact) mass is 764 g/mol. The van der Waals surface area contributed by atoms with Crippen LogP contribution in [0.15, 0.2) is 99.9 Å². The minimum absolute atomic E-state index is 0. The SMILES string of the molecule is CC1=[C](/[Zr+2](=[CH]/c2ccc(C(F)(F)F)cc2)[c]2c(C(C)(C)C)ccc3c2Cc2cc(C(C)(C)C)ccc2-3)C(C)C=C1c1ccccc1.[Cl-].[Cl-]. The Morgan fingerprint density at radius 1 is 0.729 bits per heavy atom. The van der Waals surface area contributed by atoms with Gasteiger partial charge in [0, 0.05) is 0 Å². The number of fused-ring (bicyclic) bond motifs is 3. The Labute approximate surface area is 304 Å². The molecule has 0 fully saturated rings. The second-order valence-corrected chi connectivity index (χ2v) is 20.3. The van der Waals surface area contributed by atoms with Gasteiger partial charge >= 0.3 is 282 Å². The molecule has 0 saturated carbocycles. The van der Waals surface area contributed by atoms with E-state index in [-0.39, 0.29) is 41.6 Å². The van der Waals surface area contributed by atoms with Gasteiger partial charge in [-0.2, -0.15) is 0 Å². The average Bonchev–Trinajstić information content (AvgIpc) is 3.50. The second-order valence-electron chi connectivity index (χ2n) is 15.0. The van der Waals surface area contributed by atoms with Gasteiger partial charge in [0.1, 0.15) is 0 Å². The summed E-state index contributed by atoms with van der Waals surface area (Å²) >= 11 is -2.99. The van der Waals surface area contributed by atoms with Gasteiger partial charge in [-0.05, 0) is 0 Å². The van der Waals surface area contributed by atoms with Crippen LogP contribution in [0.4, 0.5) is 13.2 Å². The Morgan fingerprint density at radius 3 is 1.92 bits per heavy atom. The van der Waals surface area contributed by atoms with Crippen molar-refractivity contribution < 1.29 is 59.3 Å². The third kappa shape index (κ3) is 7.33. The Bertz CT molecular complexity index is 1920. The summed E-state index contributed by atoms with van der Waals surface area (Å²) in [5.41, 5.74) is 12.2. The molecule has 1 atom stereocenters. The van der Waals surface area contributed by atoms with Crippen molar-refractivity contribution in [2.75, 3.05) is 0 Å². The van der Waals surface area contributed by atoms with Crippen LogP contribution in [0, 0.1) is 5.92 Å². The molecule has 2 aliphatic carbocycles. The average molecular weight is 767 g/mol. The van der Waals surface area contributed by atoms with E-state index in [9.17, 15) is 13.2 Å². The molecule has 0 saturated heterocycles. The molecule has 6 rings (SSSR count). The van der Waals surface area contributed by atoms with Gasteiger partial charge in [0.2, 0.25) is 0 Å². The number of hydrogen-bond acceptors (Lipinski definition) is 0. The van der Waals surface area contributed by atoms with Gasteiger partial charge in [-0.25, -0.2) is 0 Å². The zero-order chi connectivity index (χ0) is 33.2. The van der Waals surface area contributed by atoms with Crippen molar-refractivity contribution in [3.8, 4) is 11.1 Å². The number of hydrogen-bond donors (Lipinski definition) is 0. The first-order chi connectivity index (χ1) is 21.5. The quantitative estimate of drug-likeness (QED) is 0.243. The number of rotatable bonds is 4. The van der Waals surface area contributed by atoms with E-state index in [1.807, 2.05) is 6.07 Å². The molecule has 4 aromatic carbocycles. The Balaban J connectivity index is 0.00000260. The van der Waals surface area contributed by atoms with Gasteiger partial charge in [0.25, 0.3) is 0 Å². The van der Waals surface area contributed by atoms with Crippen LogP contribution in [-0.2, 0) is 44.7 Å². The summed E-state index contributed by atoms with van der Waals surface area (Å²) in [5, 5.41) is 0. The van der Waals surface area contributed by atoms with Gasteiger partial charge < -0.3 is 24.8 Å². The Kier molecular flexibility index (Phi) is 11.2. The maximum atomic E-state index is 13.6. The van der Waals surface area contributed by atoms with Crippen LogP contribution in [0.3, 0.4) is 0 Å². The Hall–Kier alpha value is -2.52. The van der Waals surface area contributed by atoms with Crippen LogP contribution in [0.25, 0.3) is 16.7 Å². The topological polar surface area (TPSA) is 0 Å². The summed E-state index contributed by atoms with van der Waals surface area (Å²) in [7, 11) is 0. The van der Waals surface area contributed by atoms with E-state index < -0.39 is 33.0 Å². The first-order valence-corrected chi connectivity index (χ1v) is 20.1. The van der Waals surface area contributed by atoms with Crippen LogP contribution in [0.1, 0.15) is 94.3 Å². The standard InChI is InChI=1S/C21H25.C13H13.C8H5F3.2ClH.Zr/c1-20(2,3)16-7-9-18-14(12-16)11-15-13-17(21(4,5)6)8-10-19(15)18;1-10-8-11(2)13(9-10)12-6-4-3-5-7-12;1-6-2-4-7(5-3-6)8(9,10)11;;;/h7-10,12H,11H2,1-6H3;3-7,9-10H,1-2H3;1-5H;2*1H;/q;;;;;+2/p-2. The summed E-state index contributed by atoms with van der Waals surface area (Å²) < 4.78 is 46.1. The molecule has 0 aromatic heterocycles. The fourth-order valence-corrected chi connectivity index (χ4v) is 15.8. The van der Waals surface area contributed by atoms with Crippen LogP contribution in [0.2, 0.25) is 0 Å². The summed E-state index contributed by atoms with van der Waals surface area (Å²) in [6, 6.07) is 28.1. The molecule has 6 heteroatoms. The van der Waals surface area contributed by atoms with Crippen LogP contribution >= 0.6 is 0 Å². The van der Waals surface area contributed by atoms with Crippen LogP contribution in [0.5, 0.6) is 0 Å². The molecule has 0 amide bonds. The summed E-state index contributed by atoms with van der Waals surface area (Å²) in [6.07, 6.45) is -1.06. The molecular weight excluding hydrogens is 724 g/mol. The van der Waals surface area contributed by atoms with E-state index in [4.69, 9.17) is 0 Å². The fourth-order valence-electron chi connectivity index (χ4n) is 7.22. The smallest absolute Gasteiger partial charge is 1.00 e. The first-order valence-electron chi connectivity index (χ1n) is 16.2. The minimum atomic E-state index is -4.36. The Morgan fingerprint density at radius 2 is 1.33 bits per heavy atom. The molecular formula is C42H43Cl2F3Zr. The van der Waals surface area contributed by atoms with Crippen molar-refractivity contribution in [1.29, 1.82) is 0 Å². The normalized spacial score (nSPS) is 15.8. The molecule has 0 radical (unpaired) electrons. The van der Waals surface area contributed by atoms with Crippen molar-refractivity contribution >= 4 is 12.6 Å². The van der Waals surface area contributed by atoms with E-state index >= 15 is 0 Å². The first kappa shape index (κ1) is 38.3. The summed E-state index contributed by atoms with van der Waals surface area (Å²) in [4.78, 5) is 0. The third-order valence-electron chi connectivity index (χ3n) is 9.62. The van der Waals surface area contributed by atoms with Crippen molar-refractivity contribution in [2.24, 2.45) is 5.92 Å². The predicted molar refractivity (Wildman–Crippen MR) is 185 cm³/mol. The van der Waals surface area contributed by atoms with Gasteiger partial charge in [0.15, 0.2) is 0 Å². The maximum absolute atomic E-state index is 13.6. The van der Waals surface area contributed by atoms with Crippen LogP contribution < -0.4 is 28.1 Å². The molecule has 2 aliphatic rings. The second kappa shape index (κ2) is 14.0. The molecule has 48 heavy (non-hydrogen) atoms. The number of alkyl halides is 3. The van der Waals surface area contributed by atoms with Crippen molar-refractivity contribution in [2.45, 2.75) is 78.8 Å². The fraction of sp³-hybridized carbons (Fsp3) is 0.310. The van der Waals surface area contributed by atoms with Crippen molar-refractivity contribution in [1.82, 2.24) is 0 Å². The molecule has 4 aromatic rings. The molecule has 0 aliphatic heterocycles. The third-order valence-corrected chi connectivity index (χ3v) is 17.3. The molecule has 1 unspecified atom stereocenters. The molecule has 0 heterocycles. The molecule has 0 spiro atoms. The zero-order valence-corrected chi connectivity index (χ0v) is 32.9. The molecule has 0 bridgehead atoms. The summed E-state index contributed by atoms with van der Waals surface area (Å²) in [6.45, 7) is 18.2. The maximum Gasteiger partial charge on any atom is -1.00 e. The van der Waals surface area contributed by atoms with E-state index in [0.717, 1.165) is 12.0 Å². The van der Waals surface area contributed by atoms with Gasteiger partial charge in [-0.1, -0.05) is 0 Å². The largest absolute Gasteiger partial charge is 1.00 e. The van der Waals surface area contributed by atoms with E-state index in [1.165, 1.54) is 68.8 Å². The predicted octanol–water partition coefficient (Wildman–Crippen LogP) is 4.98. The van der Waals surface area contributed by atoms with E-state index in [1.54, 1.807) is 12.1 Å². The molecule has 250 valence electrons. The van der Waals surface area contributed by atoms with Crippen molar-refractivity contribution in [3.63, 3.8) is 0 Å². The van der Waals surface area contributed by atoms with Crippen LogP contribution in [-0.4, -0.2) is 3.71 Å². The van der Waals surface area contributed by atoms with Gasteiger partial charge in [0.05, 0.1) is 0 Å². The van der Waals surface area contributed by atoms with Gasteiger partial charge in [-0.15, -0.1) is 0 Å². The number of benzene rings is 4. The number of halogens is 5. The minimum Gasteiger partial charge on any atom is -1.00 e. The molecule has 0 nitrogen and oxygen atoms in total.